The summed E-state index contributed by atoms with van der Waals surface area (Å²) in [7, 11) is 0. The van der Waals surface area contributed by atoms with Gasteiger partial charge in [-0.05, 0) is 0 Å². The minimum absolute atomic E-state index is 0.671. The van der Waals surface area contributed by atoms with E-state index < -0.39 is 48.8 Å². The lowest BCUT2D eigenvalue weighted by Crippen LogP contribution is -2.08. The maximum Gasteiger partial charge on any atom is 0.389 e. The Morgan fingerprint density at radius 2 is 2.00 bits per heavy atom. The fourth-order valence-corrected chi connectivity index (χ4v) is 1.03. The normalized spacial score (nSPS) is 12.1. The molecule has 0 aromatic carbocycles. The summed E-state index contributed by atoms with van der Waals surface area (Å²) in [5, 5.41) is 8.47. The van der Waals surface area contributed by atoms with Gasteiger partial charge in [-0.3, -0.25) is 0 Å². The van der Waals surface area contributed by atoms with E-state index in [1.54, 1.807) is 0 Å². The standard InChI is InChI=1S/C8H6F5NO3/c9-6(10)4-5(7(15)16)17-3(14-4)1-2-8(11,12)13/h6H,1-2H2,(H,15,16). The fourth-order valence-electron chi connectivity index (χ4n) is 1.03. The molecule has 4 nitrogen and oxygen atoms in total. The number of aryl methyl sites for hydroxylation is 1. The molecule has 17 heavy (non-hydrogen) atoms. The van der Waals surface area contributed by atoms with Gasteiger partial charge in [0.1, 0.15) is 0 Å². The van der Waals surface area contributed by atoms with Crippen LogP contribution in [0.3, 0.4) is 0 Å². The van der Waals surface area contributed by atoms with Crippen LogP contribution in [0.2, 0.25) is 0 Å². The number of aromatic nitrogens is 1. The van der Waals surface area contributed by atoms with Gasteiger partial charge in [0, 0.05) is 6.42 Å². The highest BCUT2D eigenvalue weighted by atomic mass is 19.4. The first-order valence-corrected chi connectivity index (χ1v) is 4.28. The van der Waals surface area contributed by atoms with Crippen LogP contribution in [0.4, 0.5) is 22.0 Å². The Kier molecular flexibility index (Phi) is 3.69. The van der Waals surface area contributed by atoms with Crippen LogP contribution in [-0.2, 0) is 6.42 Å². The summed E-state index contributed by atoms with van der Waals surface area (Å²) in [6.45, 7) is 0. The Labute approximate surface area is 91.1 Å². The molecule has 0 saturated carbocycles. The van der Waals surface area contributed by atoms with Crippen LogP contribution in [0.25, 0.3) is 0 Å². The maximum atomic E-state index is 12.3. The average Bonchev–Trinajstić information content (AvgIpc) is 2.57. The first-order valence-electron chi connectivity index (χ1n) is 4.28. The van der Waals surface area contributed by atoms with Gasteiger partial charge in [-0.2, -0.15) is 13.2 Å². The molecule has 0 aliphatic heterocycles. The van der Waals surface area contributed by atoms with Crippen molar-refractivity contribution in [2.75, 3.05) is 0 Å². The highest BCUT2D eigenvalue weighted by Crippen LogP contribution is 2.26. The molecule has 0 unspecified atom stereocenters. The number of carbonyl (C=O) groups is 1. The summed E-state index contributed by atoms with van der Waals surface area (Å²) in [6, 6.07) is 0. The molecular formula is C8H6F5NO3. The van der Waals surface area contributed by atoms with Crippen LogP contribution in [0.5, 0.6) is 0 Å². The first-order chi connectivity index (χ1) is 7.70. The van der Waals surface area contributed by atoms with Crippen molar-refractivity contribution in [3.8, 4) is 0 Å². The van der Waals surface area contributed by atoms with Crippen LogP contribution < -0.4 is 0 Å². The summed E-state index contributed by atoms with van der Waals surface area (Å²) in [6.07, 6.45) is -9.82. The SMILES string of the molecule is O=C(O)c1oc(CCC(F)(F)F)nc1C(F)F. The molecule has 1 heterocycles. The topological polar surface area (TPSA) is 63.3 Å². The molecule has 0 aliphatic rings. The third-order valence-corrected chi connectivity index (χ3v) is 1.72. The van der Waals surface area contributed by atoms with Gasteiger partial charge in [0.25, 0.3) is 6.43 Å². The third-order valence-electron chi connectivity index (χ3n) is 1.72. The molecule has 0 spiro atoms. The van der Waals surface area contributed by atoms with Gasteiger partial charge < -0.3 is 9.52 Å². The molecule has 1 rings (SSSR count). The average molecular weight is 259 g/mol. The lowest BCUT2D eigenvalue weighted by atomic mass is 10.3. The van der Waals surface area contributed by atoms with Crippen molar-refractivity contribution < 1.29 is 36.3 Å². The number of nitrogens with zero attached hydrogens (tertiary/aromatic N) is 1. The Hall–Kier alpha value is -1.67. The highest BCUT2D eigenvalue weighted by molar-refractivity contribution is 5.85. The minimum Gasteiger partial charge on any atom is -0.475 e. The van der Waals surface area contributed by atoms with Gasteiger partial charge in [-0.1, -0.05) is 0 Å². The zero-order chi connectivity index (χ0) is 13.2. The predicted molar refractivity (Wildman–Crippen MR) is 42.8 cm³/mol. The molecule has 9 heteroatoms. The van der Waals surface area contributed by atoms with Crippen molar-refractivity contribution in [1.82, 2.24) is 4.98 Å². The number of aromatic carboxylic acids is 1. The van der Waals surface area contributed by atoms with E-state index in [1.807, 2.05) is 0 Å². The number of carboxylic acid groups (broad SMARTS) is 1. The molecule has 96 valence electrons. The Morgan fingerprint density at radius 3 is 2.35 bits per heavy atom. The Morgan fingerprint density at radius 1 is 1.41 bits per heavy atom. The fraction of sp³-hybridized carbons (Fsp3) is 0.500. The molecule has 0 saturated heterocycles. The van der Waals surface area contributed by atoms with E-state index >= 15 is 0 Å². The molecule has 1 aromatic heterocycles. The van der Waals surface area contributed by atoms with Crippen molar-refractivity contribution >= 4 is 5.97 Å². The molecule has 0 aliphatic carbocycles. The molecule has 0 atom stereocenters. The molecule has 0 amide bonds. The van der Waals surface area contributed by atoms with Crippen molar-refractivity contribution in [2.24, 2.45) is 0 Å². The molecule has 0 bridgehead atoms. The zero-order valence-corrected chi connectivity index (χ0v) is 8.09. The van der Waals surface area contributed by atoms with Crippen LogP contribution in [0.1, 0.15) is 35.0 Å². The Balaban J connectivity index is 2.89. The van der Waals surface area contributed by atoms with E-state index in [0.29, 0.717) is 0 Å². The third kappa shape index (κ3) is 3.68. The molecule has 1 aromatic rings. The molecular weight excluding hydrogens is 253 g/mol. The van der Waals surface area contributed by atoms with Crippen molar-refractivity contribution in [3.63, 3.8) is 0 Å². The second-order valence-electron chi connectivity index (χ2n) is 3.04. The van der Waals surface area contributed by atoms with Crippen LogP contribution in [0, 0.1) is 0 Å². The van der Waals surface area contributed by atoms with E-state index in [-0.39, 0.29) is 0 Å². The van der Waals surface area contributed by atoms with Gasteiger partial charge in [-0.15, -0.1) is 0 Å². The highest BCUT2D eigenvalue weighted by Gasteiger charge is 2.30. The van der Waals surface area contributed by atoms with Gasteiger partial charge >= 0.3 is 12.1 Å². The number of halogens is 5. The first kappa shape index (κ1) is 13.4. The number of oxazole rings is 1. The lowest BCUT2D eigenvalue weighted by molar-refractivity contribution is -0.134. The van der Waals surface area contributed by atoms with E-state index in [4.69, 9.17) is 5.11 Å². The van der Waals surface area contributed by atoms with Crippen LogP contribution in [-0.4, -0.2) is 22.2 Å². The van der Waals surface area contributed by atoms with Gasteiger partial charge in [0.05, 0.1) is 6.42 Å². The largest absolute Gasteiger partial charge is 0.475 e. The molecule has 0 radical (unpaired) electrons. The van der Waals surface area contributed by atoms with Crippen LogP contribution >= 0.6 is 0 Å². The second-order valence-corrected chi connectivity index (χ2v) is 3.04. The van der Waals surface area contributed by atoms with Crippen molar-refractivity contribution in [2.45, 2.75) is 25.4 Å². The van der Waals surface area contributed by atoms with Crippen molar-refractivity contribution in [1.29, 1.82) is 0 Å². The summed E-state index contributed by atoms with van der Waals surface area (Å²) in [5.41, 5.74) is -1.16. The number of hydrogen-bond acceptors (Lipinski definition) is 3. The molecule has 0 fully saturated rings. The monoisotopic (exact) mass is 259 g/mol. The number of rotatable bonds is 4. The number of carboxylic acids is 1. The smallest absolute Gasteiger partial charge is 0.389 e. The summed E-state index contributed by atoms with van der Waals surface area (Å²) in [4.78, 5) is 13.5. The predicted octanol–water partition coefficient (Wildman–Crippen LogP) is 2.81. The van der Waals surface area contributed by atoms with E-state index in [1.165, 1.54) is 0 Å². The summed E-state index contributed by atoms with van der Waals surface area (Å²) in [5.74, 6) is -3.60. The van der Waals surface area contributed by atoms with Gasteiger partial charge in [0.15, 0.2) is 11.6 Å². The van der Waals surface area contributed by atoms with E-state index in [2.05, 4.69) is 9.40 Å². The van der Waals surface area contributed by atoms with E-state index in [0.717, 1.165) is 0 Å². The van der Waals surface area contributed by atoms with E-state index in [9.17, 15) is 26.7 Å². The minimum atomic E-state index is -4.50. The van der Waals surface area contributed by atoms with Crippen LogP contribution in [0.15, 0.2) is 4.42 Å². The van der Waals surface area contributed by atoms with Gasteiger partial charge in [0.2, 0.25) is 5.76 Å². The quantitative estimate of drug-likeness (QED) is 0.844. The number of alkyl halides is 5. The molecule has 1 N–H and O–H groups in total. The second kappa shape index (κ2) is 4.68. The summed E-state index contributed by atoms with van der Waals surface area (Å²) >= 11 is 0. The number of hydrogen-bond donors (Lipinski definition) is 1. The maximum absolute atomic E-state index is 12.3. The van der Waals surface area contributed by atoms with Crippen molar-refractivity contribution in [3.05, 3.63) is 17.3 Å². The lowest BCUT2D eigenvalue weighted by Gasteiger charge is -2.02. The Bertz CT molecular complexity index is 412. The zero-order valence-electron chi connectivity index (χ0n) is 8.09. The van der Waals surface area contributed by atoms with Gasteiger partial charge in [-0.25, -0.2) is 18.6 Å². The summed E-state index contributed by atoms with van der Waals surface area (Å²) < 4.78 is 64.4.